The van der Waals surface area contributed by atoms with Crippen LogP contribution in [0.25, 0.3) is 0 Å². The minimum atomic E-state index is -0.554. The van der Waals surface area contributed by atoms with E-state index in [-0.39, 0.29) is 24.1 Å². The summed E-state index contributed by atoms with van der Waals surface area (Å²) in [5.74, 6) is -0.0604. The van der Waals surface area contributed by atoms with Gasteiger partial charge in [0.25, 0.3) is 5.91 Å². The molecule has 3 heterocycles. The first kappa shape index (κ1) is 18.1. The number of amides is 3. The van der Waals surface area contributed by atoms with Gasteiger partial charge >= 0.3 is 0 Å². The third-order valence-corrected chi connectivity index (χ3v) is 5.94. The molecule has 0 bridgehead atoms. The fourth-order valence-electron chi connectivity index (χ4n) is 4.49. The number of benzene rings is 1. The van der Waals surface area contributed by atoms with Crippen LogP contribution in [-0.4, -0.2) is 53.2 Å². The lowest BCUT2D eigenvalue weighted by atomic mass is 10.0. The van der Waals surface area contributed by atoms with Gasteiger partial charge in [0.2, 0.25) is 11.8 Å². The van der Waals surface area contributed by atoms with Crippen LogP contribution in [0.5, 0.6) is 0 Å². The number of fused-ring (bicyclic) bond motifs is 1. The van der Waals surface area contributed by atoms with Crippen LogP contribution in [0, 0.1) is 5.92 Å². The molecule has 27 heavy (non-hydrogen) atoms. The van der Waals surface area contributed by atoms with Crippen molar-refractivity contribution >= 4 is 17.7 Å². The van der Waals surface area contributed by atoms with E-state index in [0.29, 0.717) is 24.4 Å². The summed E-state index contributed by atoms with van der Waals surface area (Å²) >= 11 is 0. The van der Waals surface area contributed by atoms with Gasteiger partial charge in [-0.3, -0.25) is 24.6 Å². The number of hydrogen-bond donors (Lipinski definition) is 2. The Bertz CT molecular complexity index is 778. The molecule has 3 aliphatic rings. The molecule has 1 aromatic rings. The van der Waals surface area contributed by atoms with Gasteiger partial charge in [0.15, 0.2) is 0 Å². The van der Waals surface area contributed by atoms with Gasteiger partial charge in [-0.1, -0.05) is 12.1 Å². The summed E-state index contributed by atoms with van der Waals surface area (Å²) in [5, 5.41) is 2.34. The Morgan fingerprint density at radius 2 is 2.04 bits per heavy atom. The minimum Gasteiger partial charge on any atom is -0.330 e. The molecule has 3 aliphatic heterocycles. The molecular formula is C20H26N4O3. The summed E-state index contributed by atoms with van der Waals surface area (Å²) in [6, 6.07) is 5.50. The van der Waals surface area contributed by atoms with E-state index in [1.807, 2.05) is 12.1 Å². The van der Waals surface area contributed by atoms with Crippen LogP contribution in [0.3, 0.4) is 0 Å². The maximum absolute atomic E-state index is 12.9. The molecule has 7 heteroatoms. The van der Waals surface area contributed by atoms with Gasteiger partial charge in [-0.2, -0.15) is 0 Å². The summed E-state index contributed by atoms with van der Waals surface area (Å²) in [6.07, 6.45) is 2.93. The monoisotopic (exact) mass is 370 g/mol. The quantitative estimate of drug-likeness (QED) is 0.741. The summed E-state index contributed by atoms with van der Waals surface area (Å²) in [5.41, 5.74) is 8.44. The van der Waals surface area contributed by atoms with Crippen LogP contribution in [0.15, 0.2) is 18.2 Å². The minimum absolute atomic E-state index is 0.108. The zero-order valence-corrected chi connectivity index (χ0v) is 15.4. The predicted molar refractivity (Wildman–Crippen MR) is 99.5 cm³/mol. The summed E-state index contributed by atoms with van der Waals surface area (Å²) in [7, 11) is 0. The molecule has 0 aromatic heterocycles. The zero-order valence-electron chi connectivity index (χ0n) is 15.4. The highest BCUT2D eigenvalue weighted by molar-refractivity contribution is 6.05. The summed E-state index contributed by atoms with van der Waals surface area (Å²) in [4.78, 5) is 40.4. The molecule has 0 saturated carbocycles. The fraction of sp³-hybridized carbons (Fsp3) is 0.550. The Morgan fingerprint density at radius 3 is 2.81 bits per heavy atom. The van der Waals surface area contributed by atoms with E-state index in [1.54, 1.807) is 4.90 Å². The third kappa shape index (κ3) is 3.61. The van der Waals surface area contributed by atoms with Gasteiger partial charge in [-0.05, 0) is 55.5 Å². The number of rotatable bonds is 5. The number of nitrogens with two attached hydrogens (primary N) is 1. The normalized spacial score (nSPS) is 25.8. The lowest BCUT2D eigenvalue weighted by Gasteiger charge is -2.29. The van der Waals surface area contributed by atoms with Crippen molar-refractivity contribution < 1.29 is 14.4 Å². The Labute approximate surface area is 158 Å². The highest BCUT2D eigenvalue weighted by Gasteiger charge is 2.39. The molecule has 0 spiro atoms. The first-order valence-corrected chi connectivity index (χ1v) is 9.74. The van der Waals surface area contributed by atoms with Gasteiger partial charge in [-0.25, -0.2) is 0 Å². The van der Waals surface area contributed by atoms with Crippen molar-refractivity contribution in [2.75, 3.05) is 19.6 Å². The van der Waals surface area contributed by atoms with Crippen LogP contribution in [-0.2, 0) is 22.7 Å². The molecule has 3 amide bonds. The Kier molecular flexibility index (Phi) is 4.97. The third-order valence-electron chi connectivity index (χ3n) is 5.94. The summed E-state index contributed by atoms with van der Waals surface area (Å²) in [6.45, 7) is 4.13. The Morgan fingerprint density at radius 1 is 1.19 bits per heavy atom. The van der Waals surface area contributed by atoms with Crippen molar-refractivity contribution in [2.45, 2.75) is 44.8 Å². The van der Waals surface area contributed by atoms with Crippen molar-refractivity contribution in [3.05, 3.63) is 34.9 Å². The molecule has 2 fully saturated rings. The number of nitrogens with one attached hydrogen (secondary N) is 1. The molecule has 2 atom stereocenters. The molecule has 7 nitrogen and oxygen atoms in total. The van der Waals surface area contributed by atoms with Crippen molar-refractivity contribution in [3.8, 4) is 0 Å². The van der Waals surface area contributed by atoms with E-state index in [4.69, 9.17) is 5.73 Å². The number of hydrogen-bond acceptors (Lipinski definition) is 5. The molecule has 1 aromatic carbocycles. The predicted octanol–water partition coefficient (Wildman–Crippen LogP) is 0.618. The van der Waals surface area contributed by atoms with Gasteiger partial charge in [0.1, 0.15) is 6.04 Å². The van der Waals surface area contributed by atoms with E-state index in [0.717, 1.165) is 43.7 Å². The van der Waals surface area contributed by atoms with Crippen molar-refractivity contribution in [1.82, 2.24) is 15.1 Å². The van der Waals surface area contributed by atoms with Gasteiger partial charge in [0.05, 0.1) is 0 Å². The maximum atomic E-state index is 12.9. The zero-order chi connectivity index (χ0) is 19.0. The van der Waals surface area contributed by atoms with Crippen LogP contribution in [0.4, 0.5) is 0 Å². The van der Waals surface area contributed by atoms with Gasteiger partial charge in [-0.15, -0.1) is 0 Å². The second-order valence-corrected chi connectivity index (χ2v) is 7.86. The molecule has 4 rings (SSSR count). The van der Waals surface area contributed by atoms with Crippen LogP contribution in [0.1, 0.15) is 47.2 Å². The number of nitrogens with zero attached hydrogens (tertiary/aromatic N) is 2. The van der Waals surface area contributed by atoms with E-state index < -0.39 is 6.04 Å². The molecule has 2 unspecified atom stereocenters. The van der Waals surface area contributed by atoms with Gasteiger partial charge in [0, 0.05) is 31.6 Å². The highest BCUT2D eigenvalue weighted by atomic mass is 16.2. The van der Waals surface area contributed by atoms with E-state index in [2.05, 4.69) is 16.3 Å². The van der Waals surface area contributed by atoms with Crippen molar-refractivity contribution in [2.24, 2.45) is 11.7 Å². The second kappa shape index (κ2) is 7.40. The number of carbonyl (C=O) groups excluding carboxylic acids is 3. The van der Waals surface area contributed by atoms with E-state index in [9.17, 15) is 14.4 Å². The lowest BCUT2D eigenvalue weighted by Crippen LogP contribution is -2.52. The SMILES string of the molecule is NCCC1CCN(Cc2ccc3c(c2)C(=O)N(C2CCC(=O)NC2=O)C3)C1. The number of carbonyl (C=O) groups is 3. The standard InChI is InChI=1S/C20H26N4O3/c21-7-5-13-6-8-23(10-13)11-14-1-2-15-12-24(20(27)16(15)9-14)17-3-4-18(25)22-19(17)26/h1-2,9,13,17H,3-8,10-12,21H2,(H,22,25,26). The van der Waals surface area contributed by atoms with Crippen molar-refractivity contribution in [3.63, 3.8) is 0 Å². The Balaban J connectivity index is 1.44. The van der Waals surface area contributed by atoms with E-state index >= 15 is 0 Å². The molecule has 144 valence electrons. The summed E-state index contributed by atoms with van der Waals surface area (Å²) < 4.78 is 0. The Hall–Kier alpha value is -2.25. The van der Waals surface area contributed by atoms with Crippen LogP contribution in [0.2, 0.25) is 0 Å². The average molecular weight is 370 g/mol. The van der Waals surface area contributed by atoms with Crippen LogP contribution >= 0.6 is 0 Å². The topological polar surface area (TPSA) is 95.7 Å². The first-order valence-electron chi connectivity index (χ1n) is 9.74. The number of piperidine rings is 1. The number of imide groups is 1. The lowest BCUT2D eigenvalue weighted by molar-refractivity contribution is -0.136. The van der Waals surface area contributed by atoms with Crippen molar-refractivity contribution in [1.29, 1.82) is 0 Å². The first-order chi connectivity index (χ1) is 13.0. The van der Waals surface area contributed by atoms with E-state index in [1.165, 1.54) is 6.42 Å². The average Bonchev–Trinajstić information content (AvgIpc) is 3.20. The molecule has 0 radical (unpaired) electrons. The molecule has 0 aliphatic carbocycles. The maximum Gasteiger partial charge on any atom is 0.255 e. The number of likely N-dealkylation sites (tertiary alicyclic amines) is 1. The molecule has 2 saturated heterocycles. The fourth-order valence-corrected chi connectivity index (χ4v) is 4.49. The van der Waals surface area contributed by atoms with Gasteiger partial charge < -0.3 is 10.6 Å². The largest absolute Gasteiger partial charge is 0.330 e. The van der Waals surface area contributed by atoms with Crippen LogP contribution < -0.4 is 11.1 Å². The molecular weight excluding hydrogens is 344 g/mol. The highest BCUT2D eigenvalue weighted by Crippen LogP contribution is 2.29. The smallest absolute Gasteiger partial charge is 0.255 e. The second-order valence-electron chi connectivity index (χ2n) is 7.86. The molecule has 3 N–H and O–H groups in total.